The van der Waals surface area contributed by atoms with Crippen LogP contribution >= 0.6 is 0 Å². The first-order valence-corrected chi connectivity index (χ1v) is 6.27. The number of hydrogen-bond acceptors (Lipinski definition) is 4. The highest BCUT2D eigenvalue weighted by Crippen LogP contribution is 2.22. The van der Waals surface area contributed by atoms with Crippen LogP contribution in [0.3, 0.4) is 0 Å². The van der Waals surface area contributed by atoms with Crippen LogP contribution in [0.1, 0.15) is 44.0 Å². The van der Waals surface area contributed by atoms with Gasteiger partial charge in [0.1, 0.15) is 0 Å². The summed E-state index contributed by atoms with van der Waals surface area (Å²) in [5.74, 6) is 1.44. The Bertz CT molecular complexity index is 479. The summed E-state index contributed by atoms with van der Waals surface area (Å²) in [4.78, 5) is 0. The quantitative estimate of drug-likeness (QED) is 0.880. The van der Waals surface area contributed by atoms with Gasteiger partial charge in [-0.3, -0.25) is 0 Å². The lowest BCUT2D eigenvalue weighted by molar-refractivity contribution is 0.414. The average Bonchev–Trinajstić information content (AvgIpc) is 2.85. The average molecular weight is 245 g/mol. The lowest BCUT2D eigenvalue weighted by atomic mass is 10.0. The molecule has 4 heteroatoms. The first kappa shape index (κ1) is 12.8. The largest absolute Gasteiger partial charge is 0.423 e. The fraction of sp³-hybridized carbons (Fsp3) is 0.429. The number of nitrogens with one attached hydrogen (secondary N) is 1. The van der Waals surface area contributed by atoms with E-state index in [4.69, 9.17) is 4.42 Å². The van der Waals surface area contributed by atoms with Gasteiger partial charge in [-0.1, -0.05) is 44.2 Å². The molecule has 0 aliphatic rings. The highest BCUT2D eigenvalue weighted by atomic mass is 16.4. The van der Waals surface area contributed by atoms with Gasteiger partial charge in [0, 0.05) is 6.04 Å². The number of benzene rings is 1. The lowest BCUT2D eigenvalue weighted by Crippen LogP contribution is -2.21. The topological polar surface area (TPSA) is 51.0 Å². The molecule has 0 spiro atoms. The normalized spacial score (nSPS) is 12.9. The Morgan fingerprint density at radius 1 is 1.11 bits per heavy atom. The first-order chi connectivity index (χ1) is 8.66. The Morgan fingerprint density at radius 2 is 1.83 bits per heavy atom. The van der Waals surface area contributed by atoms with Gasteiger partial charge in [0.25, 0.3) is 0 Å². The molecule has 1 atom stereocenters. The maximum Gasteiger partial charge on any atom is 0.230 e. The first-order valence-electron chi connectivity index (χ1n) is 6.27. The molecule has 1 heterocycles. The Labute approximate surface area is 107 Å². The van der Waals surface area contributed by atoms with Gasteiger partial charge in [-0.25, -0.2) is 0 Å². The fourth-order valence-electron chi connectivity index (χ4n) is 1.69. The third-order valence-electron chi connectivity index (χ3n) is 2.81. The van der Waals surface area contributed by atoms with E-state index >= 15 is 0 Å². The Morgan fingerprint density at radius 3 is 2.50 bits per heavy atom. The zero-order chi connectivity index (χ0) is 13.0. The third kappa shape index (κ3) is 3.17. The van der Waals surface area contributed by atoms with Crippen molar-refractivity contribution in [2.75, 3.05) is 0 Å². The smallest absolute Gasteiger partial charge is 0.230 e. The summed E-state index contributed by atoms with van der Waals surface area (Å²) in [6.07, 6.45) is 0. The van der Waals surface area contributed by atoms with Crippen LogP contribution in [0.5, 0.6) is 0 Å². The van der Waals surface area contributed by atoms with E-state index in [2.05, 4.69) is 48.4 Å². The van der Waals surface area contributed by atoms with Crippen molar-refractivity contribution in [2.45, 2.75) is 39.3 Å². The number of aromatic nitrogens is 2. The minimum absolute atomic E-state index is 0.131. The summed E-state index contributed by atoms with van der Waals surface area (Å²) in [6, 6.07) is 10.6. The molecular weight excluding hydrogens is 226 g/mol. The highest BCUT2D eigenvalue weighted by Gasteiger charge is 2.15. The molecule has 0 fully saturated rings. The molecule has 2 rings (SSSR count). The third-order valence-corrected chi connectivity index (χ3v) is 2.81. The van der Waals surface area contributed by atoms with Crippen LogP contribution in [0.25, 0.3) is 0 Å². The zero-order valence-electron chi connectivity index (χ0n) is 11.1. The van der Waals surface area contributed by atoms with Crippen molar-refractivity contribution in [3.8, 4) is 0 Å². The van der Waals surface area contributed by atoms with E-state index in [1.54, 1.807) is 0 Å². The van der Waals surface area contributed by atoms with E-state index in [0.717, 1.165) is 0 Å². The predicted octanol–water partition coefficient (Wildman–Crippen LogP) is 2.72. The minimum atomic E-state index is 0.131. The zero-order valence-corrected chi connectivity index (χ0v) is 11.1. The second kappa shape index (κ2) is 5.78. The van der Waals surface area contributed by atoms with Crippen molar-refractivity contribution >= 4 is 0 Å². The van der Waals surface area contributed by atoms with Gasteiger partial charge in [0.2, 0.25) is 11.8 Å². The highest BCUT2D eigenvalue weighted by molar-refractivity contribution is 5.23. The van der Waals surface area contributed by atoms with Gasteiger partial charge >= 0.3 is 0 Å². The van der Waals surface area contributed by atoms with Gasteiger partial charge < -0.3 is 9.73 Å². The molecule has 18 heavy (non-hydrogen) atoms. The molecular formula is C14H19N3O. The maximum atomic E-state index is 5.67. The van der Waals surface area contributed by atoms with Crippen molar-refractivity contribution in [1.82, 2.24) is 15.5 Å². The number of nitrogens with zero attached hydrogens (tertiary/aromatic N) is 2. The summed E-state index contributed by atoms with van der Waals surface area (Å²) >= 11 is 0. The Balaban J connectivity index is 2.06. The molecule has 1 aromatic heterocycles. The summed E-state index contributed by atoms with van der Waals surface area (Å²) in [5, 5.41) is 11.4. The van der Waals surface area contributed by atoms with Crippen molar-refractivity contribution in [3.05, 3.63) is 47.7 Å². The summed E-state index contributed by atoms with van der Waals surface area (Å²) in [5.41, 5.74) is 1.18. The molecule has 4 nitrogen and oxygen atoms in total. The van der Waals surface area contributed by atoms with E-state index in [0.29, 0.717) is 24.4 Å². The SMILES string of the molecule is CC(C)NCc1nnc(C(C)c2ccccc2)o1. The Hall–Kier alpha value is -1.68. The van der Waals surface area contributed by atoms with E-state index in [-0.39, 0.29) is 5.92 Å². The van der Waals surface area contributed by atoms with Crippen LogP contribution in [0.4, 0.5) is 0 Å². The number of hydrogen-bond donors (Lipinski definition) is 1. The van der Waals surface area contributed by atoms with Gasteiger partial charge in [0.15, 0.2) is 0 Å². The van der Waals surface area contributed by atoms with Crippen molar-refractivity contribution < 1.29 is 4.42 Å². The summed E-state index contributed by atoms with van der Waals surface area (Å²) < 4.78 is 5.67. The molecule has 0 bridgehead atoms. The van der Waals surface area contributed by atoms with Crippen LogP contribution in [-0.4, -0.2) is 16.2 Å². The molecule has 0 aliphatic carbocycles. The van der Waals surface area contributed by atoms with E-state index in [9.17, 15) is 0 Å². The van der Waals surface area contributed by atoms with E-state index in [1.807, 2.05) is 18.2 Å². The van der Waals surface area contributed by atoms with Gasteiger partial charge in [-0.15, -0.1) is 10.2 Å². The van der Waals surface area contributed by atoms with Crippen LogP contribution in [0.15, 0.2) is 34.7 Å². The molecule has 1 N–H and O–H groups in total. The molecule has 1 aromatic carbocycles. The molecule has 0 saturated carbocycles. The van der Waals surface area contributed by atoms with Gasteiger partial charge in [-0.05, 0) is 12.5 Å². The van der Waals surface area contributed by atoms with Crippen LogP contribution < -0.4 is 5.32 Å². The standard InChI is InChI=1S/C14H19N3O/c1-10(2)15-9-13-16-17-14(18-13)11(3)12-7-5-4-6-8-12/h4-8,10-11,15H,9H2,1-3H3. The maximum absolute atomic E-state index is 5.67. The summed E-state index contributed by atoms with van der Waals surface area (Å²) in [6.45, 7) is 6.86. The van der Waals surface area contributed by atoms with E-state index < -0.39 is 0 Å². The van der Waals surface area contributed by atoms with Crippen LogP contribution in [0.2, 0.25) is 0 Å². The minimum Gasteiger partial charge on any atom is -0.423 e. The van der Waals surface area contributed by atoms with E-state index in [1.165, 1.54) is 5.56 Å². The van der Waals surface area contributed by atoms with Gasteiger partial charge in [-0.2, -0.15) is 0 Å². The molecule has 96 valence electrons. The second-order valence-electron chi connectivity index (χ2n) is 4.70. The molecule has 1 unspecified atom stereocenters. The van der Waals surface area contributed by atoms with Gasteiger partial charge in [0.05, 0.1) is 12.5 Å². The molecule has 0 saturated heterocycles. The van der Waals surface area contributed by atoms with Crippen LogP contribution in [-0.2, 0) is 6.54 Å². The van der Waals surface area contributed by atoms with Crippen LogP contribution in [0, 0.1) is 0 Å². The monoisotopic (exact) mass is 245 g/mol. The summed E-state index contributed by atoms with van der Waals surface area (Å²) in [7, 11) is 0. The Kier molecular flexibility index (Phi) is 4.10. The predicted molar refractivity (Wildman–Crippen MR) is 70.2 cm³/mol. The molecule has 0 radical (unpaired) electrons. The molecule has 2 aromatic rings. The van der Waals surface area contributed by atoms with Crippen molar-refractivity contribution in [3.63, 3.8) is 0 Å². The fourth-order valence-corrected chi connectivity index (χ4v) is 1.69. The molecule has 0 aliphatic heterocycles. The van der Waals surface area contributed by atoms with Crippen molar-refractivity contribution in [2.24, 2.45) is 0 Å². The number of rotatable bonds is 5. The van der Waals surface area contributed by atoms with Crippen molar-refractivity contribution in [1.29, 1.82) is 0 Å². The lowest BCUT2D eigenvalue weighted by Gasteiger charge is -2.06. The molecule has 0 amide bonds. The second-order valence-corrected chi connectivity index (χ2v) is 4.70.